The molecule has 3 nitrogen and oxygen atoms in total. The summed E-state index contributed by atoms with van der Waals surface area (Å²) in [6.45, 7) is 0. The SMILES string of the molecule is C1=CC=CNC=C1.O=C(c1ccnc(Cl)c1)C1C=c2c(ccc3c2=CCc2ccccc2-3)CC1. The van der Waals surface area contributed by atoms with Crippen molar-refractivity contribution in [1.82, 2.24) is 10.3 Å². The highest BCUT2D eigenvalue weighted by atomic mass is 35.5. The Bertz CT molecular complexity index is 1430. The van der Waals surface area contributed by atoms with E-state index in [1.54, 1.807) is 18.3 Å². The number of ketones is 1. The van der Waals surface area contributed by atoms with Gasteiger partial charge in [-0.3, -0.25) is 4.79 Å². The molecule has 2 aromatic carbocycles. The van der Waals surface area contributed by atoms with Gasteiger partial charge in [-0.2, -0.15) is 0 Å². The molecule has 1 N–H and O–H groups in total. The maximum atomic E-state index is 13.0. The Morgan fingerprint density at radius 1 is 0.912 bits per heavy atom. The van der Waals surface area contributed by atoms with Crippen LogP contribution in [-0.4, -0.2) is 10.8 Å². The molecule has 0 fully saturated rings. The minimum Gasteiger partial charge on any atom is -0.368 e. The Hall–Kier alpha value is -3.69. The Balaban J connectivity index is 0.000000297. The molecule has 168 valence electrons. The van der Waals surface area contributed by atoms with Crippen molar-refractivity contribution in [2.45, 2.75) is 19.3 Å². The summed E-state index contributed by atoms with van der Waals surface area (Å²) in [6, 6.07) is 16.4. The first-order valence-corrected chi connectivity index (χ1v) is 11.9. The van der Waals surface area contributed by atoms with Crippen molar-refractivity contribution in [2.24, 2.45) is 5.92 Å². The number of fused-ring (bicyclic) bond motifs is 5. The highest BCUT2D eigenvalue weighted by molar-refractivity contribution is 6.29. The number of pyridine rings is 1. The molecule has 3 aliphatic rings. The molecule has 1 unspecified atom stereocenters. The summed E-state index contributed by atoms with van der Waals surface area (Å²) >= 11 is 5.97. The molecule has 0 saturated heterocycles. The number of Topliss-reactive ketones (excluding diaryl/α,β-unsaturated/α-hetero) is 1. The van der Waals surface area contributed by atoms with Gasteiger partial charge in [0.25, 0.3) is 0 Å². The van der Waals surface area contributed by atoms with Crippen LogP contribution in [0.25, 0.3) is 23.3 Å². The number of halogens is 1. The third kappa shape index (κ3) is 4.66. The first-order chi connectivity index (χ1) is 16.7. The normalized spacial score (nSPS) is 16.8. The lowest BCUT2D eigenvalue weighted by atomic mass is 9.82. The van der Waals surface area contributed by atoms with E-state index < -0.39 is 0 Å². The summed E-state index contributed by atoms with van der Waals surface area (Å²) in [4.78, 5) is 17.0. The summed E-state index contributed by atoms with van der Waals surface area (Å²) < 4.78 is 0. The zero-order valence-corrected chi connectivity index (χ0v) is 19.5. The van der Waals surface area contributed by atoms with Crippen LogP contribution in [0.4, 0.5) is 0 Å². The van der Waals surface area contributed by atoms with Crippen LogP contribution in [-0.2, 0) is 12.8 Å². The largest absolute Gasteiger partial charge is 0.368 e. The molecule has 0 spiro atoms. The smallest absolute Gasteiger partial charge is 0.169 e. The Kier molecular flexibility index (Phi) is 6.55. The van der Waals surface area contributed by atoms with Crippen LogP contribution in [0.15, 0.2) is 91.4 Å². The van der Waals surface area contributed by atoms with E-state index in [0.29, 0.717) is 10.7 Å². The van der Waals surface area contributed by atoms with Crippen LogP contribution in [0.5, 0.6) is 0 Å². The lowest BCUT2D eigenvalue weighted by Gasteiger charge is -2.21. The molecule has 2 aliphatic carbocycles. The zero-order valence-electron chi connectivity index (χ0n) is 18.7. The Morgan fingerprint density at radius 2 is 1.74 bits per heavy atom. The molecule has 0 saturated carbocycles. The number of carbonyl (C=O) groups is 1. The second-order valence-corrected chi connectivity index (χ2v) is 8.87. The highest BCUT2D eigenvalue weighted by Crippen LogP contribution is 2.26. The van der Waals surface area contributed by atoms with Gasteiger partial charge in [-0.1, -0.05) is 72.3 Å². The number of nitrogens with one attached hydrogen (secondary N) is 1. The monoisotopic (exact) mass is 464 g/mol. The third-order valence-electron chi connectivity index (χ3n) is 6.37. The van der Waals surface area contributed by atoms with Gasteiger partial charge in [-0.25, -0.2) is 4.98 Å². The van der Waals surface area contributed by atoms with Crippen LogP contribution in [0.2, 0.25) is 5.15 Å². The first kappa shape index (κ1) is 22.1. The number of aryl methyl sites for hydroxylation is 1. The van der Waals surface area contributed by atoms with E-state index in [4.69, 9.17) is 11.6 Å². The molecule has 0 amide bonds. The quantitative estimate of drug-likeness (QED) is 0.422. The van der Waals surface area contributed by atoms with E-state index in [9.17, 15) is 4.79 Å². The number of hydrogen-bond acceptors (Lipinski definition) is 3. The maximum absolute atomic E-state index is 13.0. The lowest BCUT2D eigenvalue weighted by Crippen LogP contribution is -2.37. The molecule has 3 aromatic rings. The van der Waals surface area contributed by atoms with Gasteiger partial charge < -0.3 is 5.32 Å². The van der Waals surface area contributed by atoms with E-state index in [2.05, 4.69) is 58.9 Å². The maximum Gasteiger partial charge on any atom is 0.169 e. The summed E-state index contributed by atoms with van der Waals surface area (Å²) in [5.41, 5.74) is 5.91. The first-order valence-electron chi connectivity index (χ1n) is 11.5. The average Bonchev–Trinajstić information content (AvgIpc) is 3.21. The predicted molar refractivity (Wildman–Crippen MR) is 140 cm³/mol. The minimum atomic E-state index is -0.118. The van der Waals surface area contributed by atoms with Crippen molar-refractivity contribution in [1.29, 1.82) is 0 Å². The van der Waals surface area contributed by atoms with Crippen LogP contribution >= 0.6 is 11.6 Å². The molecular formula is C30H25ClN2O. The fraction of sp³-hybridized carbons (Fsp3) is 0.133. The number of nitrogens with zero attached hydrogens (tertiary/aromatic N) is 1. The molecule has 6 rings (SSSR count). The summed E-state index contributed by atoms with van der Waals surface area (Å²) in [5.74, 6) is 0.00630. The number of benzene rings is 2. The fourth-order valence-corrected chi connectivity index (χ4v) is 4.88. The summed E-state index contributed by atoms with van der Waals surface area (Å²) in [6.07, 6.45) is 20.3. The van der Waals surface area contributed by atoms with Gasteiger partial charge in [-0.05, 0) is 76.2 Å². The number of aromatic nitrogens is 1. The zero-order chi connectivity index (χ0) is 23.3. The molecule has 0 radical (unpaired) electrons. The van der Waals surface area contributed by atoms with Crippen LogP contribution in [0.3, 0.4) is 0 Å². The topological polar surface area (TPSA) is 42.0 Å². The molecule has 4 heteroatoms. The summed E-state index contributed by atoms with van der Waals surface area (Å²) in [5, 5.41) is 5.79. The van der Waals surface area contributed by atoms with E-state index in [-0.39, 0.29) is 11.7 Å². The molecule has 34 heavy (non-hydrogen) atoms. The van der Waals surface area contributed by atoms with Crippen molar-refractivity contribution in [3.05, 3.63) is 124 Å². The molecule has 2 heterocycles. The van der Waals surface area contributed by atoms with Crippen LogP contribution in [0.1, 0.15) is 27.9 Å². The van der Waals surface area contributed by atoms with Crippen molar-refractivity contribution in [2.75, 3.05) is 0 Å². The standard InChI is InChI=1S/C24H18ClNO.C6H7N/c25-23-14-18(11-12-26-23)24(27)17-6-5-16-8-9-20-19-4-2-1-3-15(19)7-10-21(20)22(16)13-17;1-2-4-6-7-5-3-1/h1-4,8-14,17H,5-7H2;1-7H. The predicted octanol–water partition coefficient (Wildman–Crippen LogP) is 5.14. The third-order valence-corrected chi connectivity index (χ3v) is 6.58. The van der Waals surface area contributed by atoms with Crippen molar-refractivity contribution >= 4 is 29.5 Å². The molecule has 1 atom stereocenters. The van der Waals surface area contributed by atoms with E-state index in [1.165, 1.54) is 32.7 Å². The second-order valence-electron chi connectivity index (χ2n) is 8.48. The van der Waals surface area contributed by atoms with Gasteiger partial charge >= 0.3 is 0 Å². The Morgan fingerprint density at radius 3 is 2.56 bits per heavy atom. The number of rotatable bonds is 2. The van der Waals surface area contributed by atoms with Crippen molar-refractivity contribution < 1.29 is 4.79 Å². The summed E-state index contributed by atoms with van der Waals surface area (Å²) in [7, 11) is 0. The molecule has 0 bridgehead atoms. The van der Waals surface area contributed by atoms with E-state index >= 15 is 0 Å². The molecule has 1 aliphatic heterocycles. The van der Waals surface area contributed by atoms with E-state index in [0.717, 1.165) is 19.3 Å². The van der Waals surface area contributed by atoms with Crippen LogP contribution < -0.4 is 15.8 Å². The number of allylic oxidation sites excluding steroid dienone is 4. The van der Waals surface area contributed by atoms with Gasteiger partial charge in [-0.15, -0.1) is 0 Å². The number of carbonyl (C=O) groups excluding carboxylic acids is 1. The average molecular weight is 465 g/mol. The van der Waals surface area contributed by atoms with Gasteiger partial charge in [0.2, 0.25) is 0 Å². The van der Waals surface area contributed by atoms with Gasteiger partial charge in [0.15, 0.2) is 5.78 Å². The second kappa shape index (κ2) is 10.1. The number of hydrogen-bond donors (Lipinski definition) is 1. The lowest BCUT2D eigenvalue weighted by molar-refractivity contribution is 0.0946. The van der Waals surface area contributed by atoms with E-state index in [1.807, 2.05) is 36.7 Å². The van der Waals surface area contributed by atoms with Gasteiger partial charge in [0.1, 0.15) is 5.15 Å². The Labute approximate surface area is 204 Å². The van der Waals surface area contributed by atoms with Gasteiger partial charge in [0.05, 0.1) is 0 Å². The molecule has 1 aromatic heterocycles. The van der Waals surface area contributed by atoms with Crippen LogP contribution in [0, 0.1) is 5.92 Å². The minimum absolute atomic E-state index is 0.118. The van der Waals surface area contributed by atoms with Crippen molar-refractivity contribution in [3.63, 3.8) is 0 Å². The molecular weight excluding hydrogens is 440 g/mol. The fourth-order valence-electron chi connectivity index (χ4n) is 4.70. The van der Waals surface area contributed by atoms with Crippen molar-refractivity contribution in [3.8, 4) is 11.1 Å². The highest BCUT2D eigenvalue weighted by Gasteiger charge is 2.23. The van der Waals surface area contributed by atoms with Gasteiger partial charge in [0, 0.05) is 30.1 Å².